The molecule has 0 radical (unpaired) electrons. The van der Waals surface area contributed by atoms with Gasteiger partial charge in [-0.05, 0) is 22.6 Å². The van der Waals surface area contributed by atoms with Gasteiger partial charge in [0.05, 0.1) is 6.42 Å². The lowest BCUT2D eigenvalue weighted by molar-refractivity contribution is -0.120. The fourth-order valence-corrected chi connectivity index (χ4v) is 2.66. The first-order valence-corrected chi connectivity index (χ1v) is 7.71. The Kier molecular flexibility index (Phi) is 4.96. The molecular formula is C14H14BrNOS. The normalized spacial score (nSPS) is 10.3. The average Bonchev–Trinajstić information content (AvgIpc) is 2.90. The Balaban J connectivity index is 1.81. The van der Waals surface area contributed by atoms with Crippen molar-refractivity contribution in [2.75, 3.05) is 0 Å². The summed E-state index contributed by atoms with van der Waals surface area (Å²) < 4.78 is 0. The number of thiophene rings is 1. The number of nitrogens with one attached hydrogen (secondary N) is 1. The van der Waals surface area contributed by atoms with Gasteiger partial charge in [-0.25, -0.2) is 0 Å². The standard InChI is InChI=1S/C14H14BrNOS/c15-9-11-3-5-12(6-4-11)10-16-14(17)8-13-2-1-7-18-13/h1-7H,8-10H2,(H,16,17). The van der Waals surface area contributed by atoms with Crippen molar-refractivity contribution in [2.45, 2.75) is 18.3 Å². The van der Waals surface area contributed by atoms with E-state index >= 15 is 0 Å². The first-order valence-electron chi connectivity index (χ1n) is 5.71. The van der Waals surface area contributed by atoms with E-state index < -0.39 is 0 Å². The molecule has 2 nitrogen and oxygen atoms in total. The van der Waals surface area contributed by atoms with Gasteiger partial charge in [0.1, 0.15) is 0 Å². The molecule has 0 saturated heterocycles. The number of hydrogen-bond acceptors (Lipinski definition) is 2. The summed E-state index contributed by atoms with van der Waals surface area (Å²) in [6, 6.07) is 12.2. The lowest BCUT2D eigenvalue weighted by Crippen LogP contribution is -2.24. The van der Waals surface area contributed by atoms with Crippen LogP contribution in [0.4, 0.5) is 0 Å². The van der Waals surface area contributed by atoms with E-state index in [0.717, 1.165) is 15.8 Å². The summed E-state index contributed by atoms with van der Waals surface area (Å²) in [5, 5.41) is 5.78. The first-order chi connectivity index (χ1) is 8.78. The van der Waals surface area contributed by atoms with E-state index in [1.165, 1.54) is 5.56 Å². The summed E-state index contributed by atoms with van der Waals surface area (Å²) >= 11 is 5.02. The fraction of sp³-hybridized carbons (Fsp3) is 0.214. The van der Waals surface area contributed by atoms with Crippen molar-refractivity contribution in [2.24, 2.45) is 0 Å². The molecule has 1 aromatic carbocycles. The number of rotatable bonds is 5. The third-order valence-corrected chi connectivity index (χ3v) is 4.11. The molecule has 2 rings (SSSR count). The molecule has 1 heterocycles. The Morgan fingerprint density at radius 1 is 1.17 bits per heavy atom. The number of carbonyl (C=O) groups excluding carboxylic acids is 1. The number of benzene rings is 1. The van der Waals surface area contributed by atoms with E-state index in [4.69, 9.17) is 0 Å². The minimum atomic E-state index is 0.0713. The highest BCUT2D eigenvalue weighted by molar-refractivity contribution is 9.08. The van der Waals surface area contributed by atoms with Gasteiger partial charge in [-0.2, -0.15) is 0 Å². The molecule has 94 valence electrons. The molecule has 0 unspecified atom stereocenters. The third kappa shape index (κ3) is 3.96. The minimum Gasteiger partial charge on any atom is -0.352 e. The number of alkyl halides is 1. The zero-order chi connectivity index (χ0) is 12.8. The second-order valence-corrected chi connectivity index (χ2v) is 5.58. The van der Waals surface area contributed by atoms with E-state index in [-0.39, 0.29) is 5.91 Å². The molecule has 0 aliphatic rings. The van der Waals surface area contributed by atoms with E-state index in [2.05, 4.69) is 33.4 Å². The van der Waals surface area contributed by atoms with Crippen molar-refractivity contribution in [1.82, 2.24) is 5.32 Å². The monoisotopic (exact) mass is 323 g/mol. The van der Waals surface area contributed by atoms with Crippen LogP contribution in [0.1, 0.15) is 16.0 Å². The van der Waals surface area contributed by atoms with Gasteiger partial charge in [0.2, 0.25) is 5.91 Å². The predicted molar refractivity (Wildman–Crippen MR) is 78.9 cm³/mol. The Morgan fingerprint density at radius 2 is 1.89 bits per heavy atom. The van der Waals surface area contributed by atoms with Crippen molar-refractivity contribution in [3.8, 4) is 0 Å². The SMILES string of the molecule is O=C(Cc1cccs1)NCc1ccc(CBr)cc1. The van der Waals surface area contributed by atoms with Gasteiger partial charge in [-0.3, -0.25) is 4.79 Å². The highest BCUT2D eigenvalue weighted by atomic mass is 79.9. The fourth-order valence-electron chi connectivity index (χ4n) is 1.58. The smallest absolute Gasteiger partial charge is 0.225 e. The van der Waals surface area contributed by atoms with E-state index in [1.54, 1.807) is 11.3 Å². The van der Waals surface area contributed by atoms with Gasteiger partial charge in [0, 0.05) is 16.8 Å². The van der Waals surface area contributed by atoms with Crippen molar-refractivity contribution >= 4 is 33.2 Å². The molecule has 0 aliphatic carbocycles. The van der Waals surface area contributed by atoms with Crippen molar-refractivity contribution in [3.05, 3.63) is 57.8 Å². The maximum atomic E-state index is 11.7. The molecule has 1 amide bonds. The summed E-state index contributed by atoms with van der Waals surface area (Å²) in [7, 11) is 0. The first kappa shape index (κ1) is 13.3. The second kappa shape index (κ2) is 6.71. The van der Waals surface area contributed by atoms with Gasteiger partial charge in [-0.15, -0.1) is 11.3 Å². The maximum absolute atomic E-state index is 11.7. The zero-order valence-corrected chi connectivity index (χ0v) is 12.3. The zero-order valence-electron chi connectivity index (χ0n) is 9.86. The van der Waals surface area contributed by atoms with Gasteiger partial charge in [0.15, 0.2) is 0 Å². The van der Waals surface area contributed by atoms with Crippen LogP contribution in [0.15, 0.2) is 41.8 Å². The molecule has 4 heteroatoms. The molecule has 1 aromatic heterocycles. The molecule has 0 spiro atoms. The van der Waals surface area contributed by atoms with Crippen LogP contribution in [0.2, 0.25) is 0 Å². The molecule has 0 aliphatic heterocycles. The Morgan fingerprint density at radius 3 is 2.50 bits per heavy atom. The summed E-state index contributed by atoms with van der Waals surface area (Å²) in [6.07, 6.45) is 0.469. The molecule has 0 bridgehead atoms. The highest BCUT2D eigenvalue weighted by Gasteiger charge is 2.03. The Bertz CT molecular complexity index is 493. The molecule has 18 heavy (non-hydrogen) atoms. The van der Waals surface area contributed by atoms with Crippen LogP contribution in [0.3, 0.4) is 0 Å². The van der Waals surface area contributed by atoms with Crippen molar-refractivity contribution in [3.63, 3.8) is 0 Å². The van der Waals surface area contributed by atoms with Crippen LogP contribution in [0.25, 0.3) is 0 Å². The average molecular weight is 324 g/mol. The van der Waals surface area contributed by atoms with Crippen LogP contribution in [0, 0.1) is 0 Å². The van der Waals surface area contributed by atoms with Crippen LogP contribution >= 0.6 is 27.3 Å². The van der Waals surface area contributed by atoms with Crippen LogP contribution in [-0.2, 0) is 23.1 Å². The second-order valence-electron chi connectivity index (χ2n) is 3.98. The van der Waals surface area contributed by atoms with Crippen LogP contribution in [0.5, 0.6) is 0 Å². The molecular weight excluding hydrogens is 310 g/mol. The number of halogens is 1. The largest absolute Gasteiger partial charge is 0.352 e. The molecule has 1 N–H and O–H groups in total. The van der Waals surface area contributed by atoms with E-state index in [1.807, 2.05) is 29.6 Å². The Hall–Kier alpha value is -1.13. The lowest BCUT2D eigenvalue weighted by atomic mass is 10.1. The quantitative estimate of drug-likeness (QED) is 0.838. The molecule has 0 atom stereocenters. The van der Waals surface area contributed by atoms with Gasteiger partial charge in [-0.1, -0.05) is 46.3 Å². The topological polar surface area (TPSA) is 29.1 Å². The number of carbonyl (C=O) groups is 1. The van der Waals surface area contributed by atoms with Crippen molar-refractivity contribution in [1.29, 1.82) is 0 Å². The van der Waals surface area contributed by atoms with Gasteiger partial charge < -0.3 is 5.32 Å². The maximum Gasteiger partial charge on any atom is 0.225 e. The van der Waals surface area contributed by atoms with E-state index in [9.17, 15) is 4.79 Å². The summed E-state index contributed by atoms with van der Waals surface area (Å²) in [5.41, 5.74) is 2.36. The summed E-state index contributed by atoms with van der Waals surface area (Å²) in [5.74, 6) is 0.0713. The predicted octanol–water partition coefficient (Wildman–Crippen LogP) is 3.50. The molecule has 0 fully saturated rings. The third-order valence-electron chi connectivity index (χ3n) is 2.58. The minimum absolute atomic E-state index is 0.0713. The van der Waals surface area contributed by atoms with E-state index in [0.29, 0.717) is 13.0 Å². The molecule has 0 saturated carbocycles. The van der Waals surface area contributed by atoms with Gasteiger partial charge >= 0.3 is 0 Å². The summed E-state index contributed by atoms with van der Waals surface area (Å²) in [4.78, 5) is 12.8. The highest BCUT2D eigenvalue weighted by Crippen LogP contribution is 2.10. The lowest BCUT2D eigenvalue weighted by Gasteiger charge is -2.05. The van der Waals surface area contributed by atoms with Gasteiger partial charge in [0.25, 0.3) is 0 Å². The molecule has 2 aromatic rings. The number of hydrogen-bond donors (Lipinski definition) is 1. The van der Waals surface area contributed by atoms with Crippen LogP contribution in [-0.4, -0.2) is 5.91 Å². The van der Waals surface area contributed by atoms with Crippen LogP contribution < -0.4 is 5.32 Å². The number of amides is 1. The van der Waals surface area contributed by atoms with Crippen molar-refractivity contribution < 1.29 is 4.79 Å². The Labute approximate surface area is 119 Å². The summed E-state index contributed by atoms with van der Waals surface area (Å²) in [6.45, 7) is 0.590.